The van der Waals surface area contributed by atoms with Crippen LogP contribution in [-0.2, 0) is 12.1 Å². The lowest BCUT2D eigenvalue weighted by Gasteiger charge is -2.36. The van der Waals surface area contributed by atoms with Gasteiger partial charge in [0.15, 0.2) is 5.82 Å². The second-order valence-corrected chi connectivity index (χ2v) is 8.03. The molecular weight excluding hydrogens is 378 g/mol. The number of hydrogen-bond donors (Lipinski definition) is 2. The van der Waals surface area contributed by atoms with E-state index in [1.807, 2.05) is 41.3 Å². The summed E-state index contributed by atoms with van der Waals surface area (Å²) >= 11 is 0. The highest BCUT2D eigenvalue weighted by atomic mass is 16.2. The van der Waals surface area contributed by atoms with Crippen LogP contribution in [0.3, 0.4) is 0 Å². The molecule has 154 valence electrons. The van der Waals surface area contributed by atoms with Crippen LogP contribution in [0.2, 0.25) is 0 Å². The van der Waals surface area contributed by atoms with Crippen molar-refractivity contribution in [1.29, 1.82) is 0 Å². The van der Waals surface area contributed by atoms with Gasteiger partial charge in [0, 0.05) is 19.1 Å². The highest BCUT2D eigenvalue weighted by Gasteiger charge is 2.47. The normalized spacial score (nSPS) is 19.7. The number of urea groups is 1. The van der Waals surface area contributed by atoms with Crippen molar-refractivity contribution in [1.82, 2.24) is 35.7 Å². The molecule has 0 saturated carbocycles. The molecule has 2 amide bonds. The first-order valence-electron chi connectivity index (χ1n) is 10.4. The van der Waals surface area contributed by atoms with Gasteiger partial charge in [-0.3, -0.25) is 4.90 Å². The third-order valence-electron chi connectivity index (χ3n) is 6.27. The molecule has 0 aliphatic carbocycles. The van der Waals surface area contributed by atoms with Crippen molar-refractivity contribution in [3.05, 3.63) is 77.6 Å². The standard InChI is InChI=1S/C22H25N7O/c30-21-23-22(17-7-3-1-4-8-17,18-9-5-2-6-10-18)16-29(21)19-11-13-28(14-12-19)15-20-24-26-27-25-20/h1-10,19H,11-16H2,(H,23,30)(H,24,25,26,27). The van der Waals surface area contributed by atoms with E-state index in [1.165, 1.54) is 0 Å². The van der Waals surface area contributed by atoms with Gasteiger partial charge < -0.3 is 10.2 Å². The minimum atomic E-state index is -0.526. The van der Waals surface area contributed by atoms with Crippen LogP contribution in [0.5, 0.6) is 0 Å². The maximum atomic E-state index is 13.1. The number of aromatic amines is 1. The molecule has 5 rings (SSSR count). The van der Waals surface area contributed by atoms with E-state index >= 15 is 0 Å². The van der Waals surface area contributed by atoms with Gasteiger partial charge in [-0.05, 0) is 24.0 Å². The first kappa shape index (κ1) is 18.7. The highest BCUT2D eigenvalue weighted by Crippen LogP contribution is 2.36. The van der Waals surface area contributed by atoms with Gasteiger partial charge in [-0.25, -0.2) is 4.79 Å². The number of rotatable bonds is 5. The molecule has 2 aliphatic rings. The molecule has 0 bridgehead atoms. The number of aromatic nitrogens is 4. The molecule has 2 N–H and O–H groups in total. The fourth-order valence-corrected chi connectivity index (χ4v) is 4.69. The third-order valence-corrected chi connectivity index (χ3v) is 6.27. The number of H-pyrrole nitrogens is 1. The van der Waals surface area contributed by atoms with Gasteiger partial charge >= 0.3 is 6.03 Å². The molecule has 8 nitrogen and oxygen atoms in total. The lowest BCUT2D eigenvalue weighted by atomic mass is 9.83. The van der Waals surface area contributed by atoms with Gasteiger partial charge in [0.05, 0.1) is 13.1 Å². The largest absolute Gasteiger partial charge is 0.323 e. The van der Waals surface area contributed by atoms with Gasteiger partial charge in [-0.1, -0.05) is 65.9 Å². The number of amides is 2. The number of benzene rings is 2. The summed E-state index contributed by atoms with van der Waals surface area (Å²) in [4.78, 5) is 17.5. The Morgan fingerprint density at radius 3 is 2.17 bits per heavy atom. The Labute approximate surface area is 175 Å². The molecule has 2 saturated heterocycles. The summed E-state index contributed by atoms with van der Waals surface area (Å²) < 4.78 is 0. The molecular formula is C22H25N7O. The average molecular weight is 403 g/mol. The van der Waals surface area contributed by atoms with Crippen molar-refractivity contribution in [3.63, 3.8) is 0 Å². The topological polar surface area (TPSA) is 90.0 Å². The summed E-state index contributed by atoms with van der Waals surface area (Å²) in [5, 5.41) is 17.5. The van der Waals surface area contributed by atoms with Crippen molar-refractivity contribution in [2.75, 3.05) is 19.6 Å². The SMILES string of the molecule is O=C1NC(c2ccccc2)(c2ccccc2)CN1C1CCN(Cc2nn[nH]n2)CC1. The minimum absolute atomic E-state index is 0.0133. The zero-order valence-electron chi connectivity index (χ0n) is 16.7. The Morgan fingerprint density at radius 1 is 0.967 bits per heavy atom. The number of hydrogen-bond acceptors (Lipinski definition) is 5. The number of tetrazole rings is 1. The molecule has 3 aromatic rings. The summed E-state index contributed by atoms with van der Waals surface area (Å²) in [6.07, 6.45) is 1.87. The fourth-order valence-electron chi connectivity index (χ4n) is 4.69. The Balaban J connectivity index is 1.35. The van der Waals surface area contributed by atoms with Gasteiger partial charge in [-0.15, -0.1) is 10.2 Å². The first-order chi connectivity index (χ1) is 14.7. The minimum Gasteiger partial charge on any atom is -0.323 e. The van der Waals surface area contributed by atoms with Gasteiger partial charge in [0.1, 0.15) is 5.54 Å². The van der Waals surface area contributed by atoms with Crippen LogP contribution in [0.15, 0.2) is 60.7 Å². The predicted molar refractivity (Wildman–Crippen MR) is 111 cm³/mol. The average Bonchev–Trinajstić information content (AvgIpc) is 3.44. The molecule has 0 unspecified atom stereocenters. The van der Waals surface area contributed by atoms with Crippen molar-refractivity contribution in [2.45, 2.75) is 31.0 Å². The van der Waals surface area contributed by atoms with E-state index in [0.29, 0.717) is 18.9 Å². The number of nitrogens with zero attached hydrogens (tertiary/aromatic N) is 5. The van der Waals surface area contributed by atoms with Crippen LogP contribution in [0.1, 0.15) is 29.8 Å². The number of carbonyl (C=O) groups excluding carboxylic acids is 1. The third kappa shape index (κ3) is 3.43. The van der Waals surface area contributed by atoms with Crippen molar-refractivity contribution >= 4 is 6.03 Å². The molecule has 0 spiro atoms. The Hall–Kier alpha value is -3.26. The van der Waals surface area contributed by atoms with Crippen LogP contribution < -0.4 is 5.32 Å². The van der Waals surface area contributed by atoms with Gasteiger partial charge in [-0.2, -0.15) is 5.21 Å². The molecule has 30 heavy (non-hydrogen) atoms. The van der Waals surface area contributed by atoms with Crippen LogP contribution in [0.25, 0.3) is 0 Å². The maximum absolute atomic E-state index is 13.1. The van der Waals surface area contributed by atoms with E-state index in [2.05, 4.69) is 55.1 Å². The summed E-state index contributed by atoms with van der Waals surface area (Å²) in [5.41, 5.74) is 1.70. The molecule has 2 aliphatic heterocycles. The van der Waals surface area contributed by atoms with Crippen molar-refractivity contribution in [2.24, 2.45) is 0 Å². The number of nitrogens with one attached hydrogen (secondary N) is 2. The second kappa shape index (κ2) is 7.87. The van der Waals surface area contributed by atoms with E-state index in [1.54, 1.807) is 0 Å². The molecule has 0 radical (unpaired) electrons. The monoisotopic (exact) mass is 403 g/mol. The first-order valence-corrected chi connectivity index (χ1v) is 10.4. The van der Waals surface area contributed by atoms with Crippen molar-refractivity contribution < 1.29 is 4.79 Å². The number of likely N-dealkylation sites (tertiary alicyclic amines) is 1. The molecule has 8 heteroatoms. The maximum Gasteiger partial charge on any atom is 0.318 e. The van der Waals surface area contributed by atoms with Gasteiger partial charge in [0.25, 0.3) is 0 Å². The number of carbonyl (C=O) groups is 1. The van der Waals surface area contributed by atoms with Crippen LogP contribution in [0.4, 0.5) is 4.79 Å². The zero-order valence-corrected chi connectivity index (χ0v) is 16.7. The lowest BCUT2D eigenvalue weighted by Crippen LogP contribution is -2.46. The Bertz CT molecular complexity index is 930. The van der Waals surface area contributed by atoms with E-state index < -0.39 is 5.54 Å². The van der Waals surface area contributed by atoms with Gasteiger partial charge in [0.2, 0.25) is 0 Å². The second-order valence-electron chi connectivity index (χ2n) is 8.03. The molecule has 2 fully saturated rings. The van der Waals surface area contributed by atoms with E-state index in [9.17, 15) is 4.79 Å². The summed E-state index contributed by atoms with van der Waals surface area (Å²) in [5.74, 6) is 0.708. The smallest absolute Gasteiger partial charge is 0.318 e. The van der Waals surface area contributed by atoms with Crippen LogP contribution in [0, 0.1) is 0 Å². The lowest BCUT2D eigenvalue weighted by molar-refractivity contribution is 0.127. The molecule has 3 heterocycles. The predicted octanol–water partition coefficient (Wildman–Crippen LogP) is 2.13. The highest BCUT2D eigenvalue weighted by molar-refractivity contribution is 5.80. The summed E-state index contributed by atoms with van der Waals surface area (Å²) in [6, 6.07) is 20.8. The quantitative estimate of drug-likeness (QED) is 0.681. The van der Waals surface area contributed by atoms with Crippen molar-refractivity contribution in [3.8, 4) is 0 Å². The van der Waals surface area contributed by atoms with E-state index in [4.69, 9.17) is 0 Å². The molecule has 1 aromatic heterocycles. The fraction of sp³-hybridized carbons (Fsp3) is 0.364. The van der Waals surface area contributed by atoms with E-state index in [0.717, 1.165) is 37.1 Å². The summed E-state index contributed by atoms with van der Waals surface area (Å²) in [6.45, 7) is 3.14. The van der Waals surface area contributed by atoms with Crippen LogP contribution in [-0.4, -0.2) is 62.1 Å². The molecule has 2 aromatic carbocycles. The Morgan fingerprint density at radius 2 is 1.60 bits per heavy atom. The molecule has 0 atom stereocenters. The zero-order chi connectivity index (χ0) is 20.4. The number of piperidine rings is 1. The Kier molecular flexibility index (Phi) is 4.92. The van der Waals surface area contributed by atoms with Crippen LogP contribution >= 0.6 is 0 Å². The summed E-state index contributed by atoms with van der Waals surface area (Å²) in [7, 11) is 0. The van der Waals surface area contributed by atoms with E-state index in [-0.39, 0.29) is 12.1 Å².